The molecule has 0 radical (unpaired) electrons. The van der Waals surface area contributed by atoms with Gasteiger partial charge in [-0.1, -0.05) is 0 Å². The highest BCUT2D eigenvalue weighted by molar-refractivity contribution is 5.40. The molecule has 0 spiro atoms. The average molecular weight is 268 g/mol. The van der Waals surface area contributed by atoms with Crippen LogP contribution in [-0.2, 0) is 4.74 Å². The number of hydrogen-bond acceptors (Lipinski definition) is 5. The second-order valence-corrected chi connectivity index (χ2v) is 4.78. The maximum atomic E-state index is 5.76. The number of rotatable bonds is 7. The van der Waals surface area contributed by atoms with E-state index in [2.05, 4.69) is 5.43 Å². The molecule has 0 amide bonds. The van der Waals surface area contributed by atoms with E-state index in [1.54, 1.807) is 14.2 Å². The van der Waals surface area contributed by atoms with Gasteiger partial charge in [-0.25, -0.2) is 0 Å². The topological polar surface area (TPSA) is 65.7 Å². The Hall–Kier alpha value is -1.30. The molecule has 1 atom stereocenters. The molecule has 0 heterocycles. The summed E-state index contributed by atoms with van der Waals surface area (Å²) in [5.74, 6) is 7.14. The molecule has 0 aliphatic rings. The van der Waals surface area contributed by atoms with Crippen molar-refractivity contribution in [3.63, 3.8) is 0 Å². The lowest BCUT2D eigenvalue weighted by Gasteiger charge is -2.34. The zero-order chi connectivity index (χ0) is 14.5. The van der Waals surface area contributed by atoms with Gasteiger partial charge in [-0.05, 0) is 38.5 Å². The molecule has 1 rings (SSSR count). The summed E-state index contributed by atoms with van der Waals surface area (Å²) in [6.07, 6.45) is 0. The molecule has 1 aromatic rings. The third-order valence-electron chi connectivity index (χ3n) is 3.09. The van der Waals surface area contributed by atoms with Gasteiger partial charge in [-0.15, -0.1) is 0 Å². The molecule has 0 aliphatic heterocycles. The van der Waals surface area contributed by atoms with E-state index >= 15 is 0 Å². The average Bonchev–Trinajstić information content (AvgIpc) is 2.38. The Balaban J connectivity index is 3.16. The summed E-state index contributed by atoms with van der Waals surface area (Å²) in [6.45, 7) is 6.56. The van der Waals surface area contributed by atoms with Gasteiger partial charge in [0.15, 0.2) is 0 Å². The molecule has 0 saturated carbocycles. The van der Waals surface area contributed by atoms with Gasteiger partial charge in [0.05, 0.1) is 25.9 Å². The minimum absolute atomic E-state index is 0.170. The van der Waals surface area contributed by atoms with Crippen LogP contribution in [0.15, 0.2) is 18.2 Å². The monoisotopic (exact) mass is 268 g/mol. The van der Waals surface area contributed by atoms with Gasteiger partial charge in [-0.3, -0.25) is 11.3 Å². The first-order valence-electron chi connectivity index (χ1n) is 6.31. The van der Waals surface area contributed by atoms with Crippen molar-refractivity contribution in [3.8, 4) is 11.5 Å². The molecule has 0 aromatic heterocycles. The SMILES string of the molecule is CCOC(C)(C)C(NN)c1cc(OC)cc(OC)c1. The van der Waals surface area contributed by atoms with Gasteiger partial charge < -0.3 is 14.2 Å². The van der Waals surface area contributed by atoms with E-state index in [0.29, 0.717) is 6.61 Å². The van der Waals surface area contributed by atoms with Crippen LogP contribution in [0.25, 0.3) is 0 Å². The van der Waals surface area contributed by atoms with Crippen LogP contribution < -0.4 is 20.7 Å². The summed E-state index contributed by atoms with van der Waals surface area (Å²) in [5, 5.41) is 0. The largest absolute Gasteiger partial charge is 0.497 e. The van der Waals surface area contributed by atoms with Crippen molar-refractivity contribution in [1.82, 2.24) is 5.43 Å². The van der Waals surface area contributed by atoms with E-state index < -0.39 is 5.60 Å². The van der Waals surface area contributed by atoms with Crippen molar-refractivity contribution >= 4 is 0 Å². The fraction of sp³-hybridized carbons (Fsp3) is 0.571. The molecule has 0 fully saturated rings. The minimum Gasteiger partial charge on any atom is -0.497 e. The van der Waals surface area contributed by atoms with Gasteiger partial charge >= 0.3 is 0 Å². The molecule has 0 saturated heterocycles. The number of hydrazine groups is 1. The van der Waals surface area contributed by atoms with Crippen LogP contribution in [0.2, 0.25) is 0 Å². The van der Waals surface area contributed by atoms with Crippen LogP contribution in [0.5, 0.6) is 11.5 Å². The van der Waals surface area contributed by atoms with E-state index in [9.17, 15) is 0 Å². The third-order valence-corrected chi connectivity index (χ3v) is 3.09. The molecule has 0 aliphatic carbocycles. The molecular formula is C14H24N2O3. The van der Waals surface area contributed by atoms with Crippen molar-refractivity contribution in [3.05, 3.63) is 23.8 Å². The highest BCUT2D eigenvalue weighted by Crippen LogP contribution is 2.33. The smallest absolute Gasteiger partial charge is 0.122 e. The van der Waals surface area contributed by atoms with Crippen LogP contribution in [0.3, 0.4) is 0 Å². The molecule has 5 nitrogen and oxygen atoms in total. The van der Waals surface area contributed by atoms with Crippen molar-refractivity contribution < 1.29 is 14.2 Å². The number of ether oxygens (including phenoxy) is 3. The zero-order valence-corrected chi connectivity index (χ0v) is 12.3. The molecule has 1 unspecified atom stereocenters. The Bertz CT molecular complexity index is 385. The fourth-order valence-corrected chi connectivity index (χ4v) is 2.15. The van der Waals surface area contributed by atoms with Gasteiger partial charge in [0, 0.05) is 12.7 Å². The number of nitrogens with one attached hydrogen (secondary N) is 1. The summed E-state index contributed by atoms with van der Waals surface area (Å²) < 4.78 is 16.3. The predicted molar refractivity (Wildman–Crippen MR) is 75.3 cm³/mol. The van der Waals surface area contributed by atoms with Gasteiger partial charge in [0.1, 0.15) is 11.5 Å². The predicted octanol–water partition coefficient (Wildman–Crippen LogP) is 2.02. The molecule has 19 heavy (non-hydrogen) atoms. The molecule has 3 N–H and O–H groups in total. The lowest BCUT2D eigenvalue weighted by Crippen LogP contribution is -2.44. The normalized spacial score (nSPS) is 13.2. The summed E-state index contributed by atoms with van der Waals surface area (Å²) in [4.78, 5) is 0. The quantitative estimate of drug-likeness (QED) is 0.585. The number of nitrogens with two attached hydrogens (primary N) is 1. The van der Waals surface area contributed by atoms with Crippen LogP contribution in [-0.4, -0.2) is 26.4 Å². The fourth-order valence-electron chi connectivity index (χ4n) is 2.15. The second kappa shape index (κ2) is 6.75. The lowest BCUT2D eigenvalue weighted by molar-refractivity contribution is -0.0393. The minimum atomic E-state index is -0.444. The van der Waals surface area contributed by atoms with Crippen LogP contribution in [0.1, 0.15) is 32.4 Å². The van der Waals surface area contributed by atoms with E-state index in [-0.39, 0.29) is 6.04 Å². The maximum Gasteiger partial charge on any atom is 0.122 e. The molecule has 108 valence electrons. The first-order valence-corrected chi connectivity index (χ1v) is 6.31. The van der Waals surface area contributed by atoms with Crippen molar-refractivity contribution in [2.75, 3.05) is 20.8 Å². The standard InChI is InChI=1S/C14H24N2O3/c1-6-19-14(2,3)13(16-15)10-7-11(17-4)9-12(8-10)18-5/h7-9,13,16H,6,15H2,1-5H3. The van der Waals surface area contributed by atoms with Crippen LogP contribution >= 0.6 is 0 Å². The highest BCUT2D eigenvalue weighted by Gasteiger charge is 2.31. The summed E-state index contributed by atoms with van der Waals surface area (Å²) in [6, 6.07) is 5.50. The van der Waals surface area contributed by atoms with Gasteiger partial charge in [0.2, 0.25) is 0 Å². The number of methoxy groups -OCH3 is 2. The van der Waals surface area contributed by atoms with E-state index in [1.165, 1.54) is 0 Å². The van der Waals surface area contributed by atoms with E-state index in [1.807, 2.05) is 39.0 Å². The molecule has 1 aromatic carbocycles. The summed E-state index contributed by atoms with van der Waals surface area (Å²) >= 11 is 0. The second-order valence-electron chi connectivity index (χ2n) is 4.78. The third kappa shape index (κ3) is 3.83. The van der Waals surface area contributed by atoms with Crippen molar-refractivity contribution in [2.24, 2.45) is 5.84 Å². The Morgan fingerprint density at radius 2 is 1.68 bits per heavy atom. The summed E-state index contributed by atoms with van der Waals surface area (Å²) in [7, 11) is 3.24. The first kappa shape index (κ1) is 15.8. The number of benzene rings is 1. The maximum absolute atomic E-state index is 5.76. The Morgan fingerprint density at radius 1 is 1.16 bits per heavy atom. The van der Waals surface area contributed by atoms with Gasteiger partial charge in [-0.2, -0.15) is 0 Å². The molecular weight excluding hydrogens is 244 g/mol. The van der Waals surface area contributed by atoms with Crippen molar-refractivity contribution in [2.45, 2.75) is 32.4 Å². The Morgan fingerprint density at radius 3 is 2.05 bits per heavy atom. The van der Waals surface area contributed by atoms with E-state index in [4.69, 9.17) is 20.1 Å². The van der Waals surface area contributed by atoms with Gasteiger partial charge in [0.25, 0.3) is 0 Å². The van der Waals surface area contributed by atoms with E-state index in [0.717, 1.165) is 17.1 Å². The molecule has 0 bridgehead atoms. The highest BCUT2D eigenvalue weighted by atomic mass is 16.5. The lowest BCUT2D eigenvalue weighted by atomic mass is 9.91. The van der Waals surface area contributed by atoms with Crippen LogP contribution in [0.4, 0.5) is 0 Å². The summed E-state index contributed by atoms with van der Waals surface area (Å²) in [5.41, 5.74) is 3.32. The molecule has 5 heteroatoms. The zero-order valence-electron chi connectivity index (χ0n) is 12.3. The Labute approximate surface area is 115 Å². The first-order chi connectivity index (χ1) is 8.98. The Kier molecular flexibility index (Phi) is 5.60. The van der Waals surface area contributed by atoms with Crippen molar-refractivity contribution in [1.29, 1.82) is 0 Å². The van der Waals surface area contributed by atoms with Crippen LogP contribution in [0, 0.1) is 0 Å². The number of hydrogen-bond donors (Lipinski definition) is 2.